The van der Waals surface area contributed by atoms with Crippen LogP contribution in [0.3, 0.4) is 0 Å². The van der Waals surface area contributed by atoms with Crippen LogP contribution in [0.25, 0.3) is 0 Å². The summed E-state index contributed by atoms with van der Waals surface area (Å²) in [5.41, 5.74) is 2.44. The minimum Gasteiger partial charge on any atom is -0.494 e. The SMILES string of the molecule is CCNc1ccc(OCC)c(CCCS)c1. The van der Waals surface area contributed by atoms with Gasteiger partial charge in [-0.15, -0.1) is 0 Å². The first-order valence-corrected chi connectivity index (χ1v) is 6.55. The molecular formula is C13H21NOS. The molecule has 0 bridgehead atoms. The van der Waals surface area contributed by atoms with Gasteiger partial charge in [-0.2, -0.15) is 12.6 Å². The van der Waals surface area contributed by atoms with Gasteiger partial charge in [0, 0.05) is 12.2 Å². The maximum absolute atomic E-state index is 5.61. The zero-order valence-corrected chi connectivity index (χ0v) is 11.0. The van der Waals surface area contributed by atoms with Crippen molar-refractivity contribution in [2.75, 3.05) is 24.2 Å². The van der Waals surface area contributed by atoms with Gasteiger partial charge in [-0.3, -0.25) is 0 Å². The number of hydrogen-bond acceptors (Lipinski definition) is 3. The Bertz CT molecular complexity index is 315. The molecule has 0 unspecified atom stereocenters. The molecule has 1 aromatic carbocycles. The van der Waals surface area contributed by atoms with Gasteiger partial charge >= 0.3 is 0 Å². The van der Waals surface area contributed by atoms with Crippen LogP contribution in [-0.4, -0.2) is 18.9 Å². The lowest BCUT2D eigenvalue weighted by Crippen LogP contribution is -2.01. The zero-order chi connectivity index (χ0) is 11.8. The summed E-state index contributed by atoms with van der Waals surface area (Å²) in [5.74, 6) is 1.92. The average molecular weight is 239 g/mol. The maximum Gasteiger partial charge on any atom is 0.122 e. The lowest BCUT2D eigenvalue weighted by molar-refractivity contribution is 0.336. The second-order valence-electron chi connectivity index (χ2n) is 3.61. The highest BCUT2D eigenvalue weighted by atomic mass is 32.1. The van der Waals surface area contributed by atoms with Crippen LogP contribution in [0.4, 0.5) is 5.69 Å². The van der Waals surface area contributed by atoms with Crippen LogP contribution < -0.4 is 10.1 Å². The fourth-order valence-electron chi connectivity index (χ4n) is 1.65. The molecule has 0 spiro atoms. The van der Waals surface area contributed by atoms with Crippen molar-refractivity contribution in [2.24, 2.45) is 0 Å². The topological polar surface area (TPSA) is 21.3 Å². The van der Waals surface area contributed by atoms with Crippen molar-refractivity contribution in [1.82, 2.24) is 0 Å². The van der Waals surface area contributed by atoms with Gasteiger partial charge in [0.2, 0.25) is 0 Å². The molecule has 0 radical (unpaired) electrons. The molecule has 0 amide bonds. The first kappa shape index (κ1) is 13.2. The molecule has 90 valence electrons. The van der Waals surface area contributed by atoms with E-state index in [-0.39, 0.29) is 0 Å². The summed E-state index contributed by atoms with van der Waals surface area (Å²) in [5, 5.41) is 3.32. The summed E-state index contributed by atoms with van der Waals surface area (Å²) in [6.07, 6.45) is 2.11. The highest BCUT2D eigenvalue weighted by molar-refractivity contribution is 7.80. The Labute approximate surface area is 104 Å². The van der Waals surface area contributed by atoms with Crippen LogP contribution in [0.5, 0.6) is 5.75 Å². The summed E-state index contributed by atoms with van der Waals surface area (Å²) < 4.78 is 5.61. The summed E-state index contributed by atoms with van der Waals surface area (Å²) >= 11 is 4.25. The molecule has 1 aromatic rings. The monoisotopic (exact) mass is 239 g/mol. The van der Waals surface area contributed by atoms with Crippen molar-refractivity contribution in [3.05, 3.63) is 23.8 Å². The van der Waals surface area contributed by atoms with Crippen molar-refractivity contribution >= 4 is 18.3 Å². The zero-order valence-electron chi connectivity index (χ0n) is 10.1. The van der Waals surface area contributed by atoms with Crippen LogP contribution in [0.15, 0.2) is 18.2 Å². The second kappa shape index (κ2) is 7.44. The molecule has 0 heterocycles. The van der Waals surface area contributed by atoms with Crippen LogP contribution in [0, 0.1) is 0 Å². The number of ether oxygens (including phenoxy) is 1. The average Bonchev–Trinajstić information content (AvgIpc) is 2.30. The van der Waals surface area contributed by atoms with Crippen LogP contribution in [0.1, 0.15) is 25.8 Å². The number of nitrogens with one attached hydrogen (secondary N) is 1. The third kappa shape index (κ3) is 3.97. The number of rotatable bonds is 7. The first-order chi connectivity index (χ1) is 7.81. The Morgan fingerprint density at radius 2 is 2.12 bits per heavy atom. The molecule has 0 saturated carbocycles. The van der Waals surface area contributed by atoms with E-state index in [1.54, 1.807) is 0 Å². The van der Waals surface area contributed by atoms with Gasteiger partial charge in [0.1, 0.15) is 5.75 Å². The number of anilines is 1. The summed E-state index contributed by atoms with van der Waals surface area (Å²) in [6.45, 7) is 5.78. The van der Waals surface area contributed by atoms with Gasteiger partial charge in [0.05, 0.1) is 6.61 Å². The summed E-state index contributed by atoms with van der Waals surface area (Å²) in [4.78, 5) is 0. The molecule has 0 aromatic heterocycles. The molecule has 3 heteroatoms. The van der Waals surface area contributed by atoms with Gasteiger partial charge in [0.15, 0.2) is 0 Å². The van der Waals surface area contributed by atoms with Crippen molar-refractivity contribution in [3.8, 4) is 5.75 Å². The standard InChI is InChI=1S/C13H21NOS/c1-3-14-12-7-8-13(15-4-2)11(10-12)6-5-9-16/h7-8,10,14,16H,3-6,9H2,1-2H3. The van der Waals surface area contributed by atoms with Crippen LogP contribution >= 0.6 is 12.6 Å². The maximum atomic E-state index is 5.61. The molecule has 16 heavy (non-hydrogen) atoms. The van der Waals surface area contributed by atoms with Gasteiger partial charge < -0.3 is 10.1 Å². The highest BCUT2D eigenvalue weighted by Crippen LogP contribution is 2.24. The second-order valence-corrected chi connectivity index (χ2v) is 4.06. The minimum atomic E-state index is 0.717. The molecule has 0 aliphatic heterocycles. The van der Waals surface area contributed by atoms with Crippen molar-refractivity contribution in [2.45, 2.75) is 26.7 Å². The molecule has 0 aliphatic rings. The minimum absolute atomic E-state index is 0.717. The van der Waals surface area contributed by atoms with Gasteiger partial charge in [-0.05, 0) is 56.2 Å². The molecule has 0 saturated heterocycles. The summed E-state index contributed by atoms with van der Waals surface area (Å²) in [6, 6.07) is 6.30. The van der Waals surface area contributed by atoms with Gasteiger partial charge in [0.25, 0.3) is 0 Å². The van der Waals surface area contributed by atoms with E-state index in [2.05, 4.69) is 43.1 Å². The van der Waals surface area contributed by atoms with Gasteiger partial charge in [-0.1, -0.05) is 0 Å². The summed E-state index contributed by atoms with van der Waals surface area (Å²) in [7, 11) is 0. The van der Waals surface area contributed by atoms with Crippen molar-refractivity contribution in [1.29, 1.82) is 0 Å². The van der Waals surface area contributed by atoms with E-state index in [1.807, 2.05) is 6.92 Å². The van der Waals surface area contributed by atoms with Gasteiger partial charge in [-0.25, -0.2) is 0 Å². The lowest BCUT2D eigenvalue weighted by atomic mass is 10.1. The Kier molecular flexibility index (Phi) is 6.16. The molecular weight excluding hydrogens is 218 g/mol. The third-order valence-corrected chi connectivity index (χ3v) is 2.66. The number of hydrogen-bond donors (Lipinski definition) is 2. The molecule has 0 fully saturated rings. The lowest BCUT2D eigenvalue weighted by Gasteiger charge is -2.12. The third-order valence-electron chi connectivity index (χ3n) is 2.35. The van der Waals surface area contributed by atoms with E-state index in [0.717, 1.165) is 30.9 Å². The molecule has 1 N–H and O–H groups in total. The molecule has 1 rings (SSSR count). The molecule has 0 aliphatic carbocycles. The Morgan fingerprint density at radius 3 is 2.75 bits per heavy atom. The number of benzene rings is 1. The van der Waals surface area contributed by atoms with E-state index in [9.17, 15) is 0 Å². The fraction of sp³-hybridized carbons (Fsp3) is 0.538. The molecule has 2 nitrogen and oxygen atoms in total. The molecule has 0 atom stereocenters. The Balaban J connectivity index is 2.82. The normalized spacial score (nSPS) is 10.2. The predicted molar refractivity (Wildman–Crippen MR) is 73.9 cm³/mol. The van der Waals surface area contributed by atoms with E-state index in [4.69, 9.17) is 4.74 Å². The first-order valence-electron chi connectivity index (χ1n) is 5.92. The number of aryl methyl sites for hydroxylation is 1. The predicted octanol–water partition coefficient (Wildman–Crippen LogP) is 3.38. The fourth-order valence-corrected chi connectivity index (χ4v) is 1.81. The van der Waals surface area contributed by atoms with E-state index in [0.29, 0.717) is 6.61 Å². The smallest absolute Gasteiger partial charge is 0.122 e. The Hall–Kier alpha value is -0.830. The van der Waals surface area contributed by atoms with Crippen LogP contribution in [0.2, 0.25) is 0 Å². The van der Waals surface area contributed by atoms with Crippen LogP contribution in [-0.2, 0) is 6.42 Å². The van der Waals surface area contributed by atoms with E-state index >= 15 is 0 Å². The van der Waals surface area contributed by atoms with Crippen molar-refractivity contribution < 1.29 is 4.74 Å². The number of thiol groups is 1. The van der Waals surface area contributed by atoms with Crippen molar-refractivity contribution in [3.63, 3.8) is 0 Å². The van der Waals surface area contributed by atoms with E-state index < -0.39 is 0 Å². The Morgan fingerprint density at radius 1 is 1.31 bits per heavy atom. The highest BCUT2D eigenvalue weighted by Gasteiger charge is 2.04. The largest absolute Gasteiger partial charge is 0.494 e. The quantitative estimate of drug-likeness (QED) is 0.712. The van der Waals surface area contributed by atoms with E-state index in [1.165, 1.54) is 11.3 Å².